The van der Waals surface area contributed by atoms with Crippen LogP contribution in [0.2, 0.25) is 0 Å². The predicted molar refractivity (Wildman–Crippen MR) is 23.7 cm³/mol. The maximum atomic E-state index is 10.9. The third-order valence-corrected chi connectivity index (χ3v) is 6.94. The van der Waals surface area contributed by atoms with E-state index in [0.717, 1.165) is 0 Å². The molecule has 0 aromatic rings. The summed E-state index contributed by atoms with van der Waals surface area (Å²) >= 11 is -24.4. The van der Waals surface area contributed by atoms with Gasteiger partial charge in [0.25, 0.3) is 0 Å². The minimum atomic E-state index is -12.2. The quantitative estimate of drug-likeness (QED) is 0.540. The first-order valence-corrected chi connectivity index (χ1v) is 9.75. The molecule has 0 spiro atoms. The van der Waals surface area contributed by atoms with Gasteiger partial charge in [0.2, 0.25) is 0 Å². The summed E-state index contributed by atoms with van der Waals surface area (Å²) in [6, 6.07) is 0. The average molecular weight is 364 g/mol. The second-order valence-corrected chi connectivity index (χ2v) is 11.2. The number of rotatable bonds is 2. The summed E-state index contributed by atoms with van der Waals surface area (Å²) < 4.78 is 109. The van der Waals surface area contributed by atoms with Crippen LogP contribution < -0.4 is 0 Å². The van der Waals surface area contributed by atoms with Gasteiger partial charge in [0.1, 0.15) is 0 Å². The van der Waals surface area contributed by atoms with Crippen molar-refractivity contribution in [2.24, 2.45) is 0 Å². The molecule has 0 heterocycles. The molecule has 0 N–H and O–H groups in total. The standard InChI is InChI=1S/F10OSe2/c1-12(2,3,4,5)11-13(6,7,8,9)10. The fourth-order valence-corrected chi connectivity index (χ4v) is 6.56. The Bertz CT molecular complexity index is 200. The number of hydrogen-bond acceptors (Lipinski definition) is 1. The molecule has 0 unspecified atom stereocenters. The Morgan fingerprint density at radius 3 is 0.615 bits per heavy atom. The fraction of sp³-hybridized carbons (Fsp3) is 0. The number of hydrogen-bond donors (Lipinski definition) is 0. The van der Waals surface area contributed by atoms with Crippen LogP contribution in [0.25, 0.3) is 0 Å². The van der Waals surface area contributed by atoms with Crippen molar-refractivity contribution in [3.8, 4) is 0 Å². The Kier molecular flexibility index (Phi) is 1.64. The molecule has 1 nitrogen and oxygen atoms in total. The molecular formula is F10OSe2. The second-order valence-electron chi connectivity index (χ2n) is 1.86. The molecule has 13 heteroatoms. The van der Waals surface area contributed by atoms with Gasteiger partial charge < -0.3 is 0 Å². The summed E-state index contributed by atoms with van der Waals surface area (Å²) in [5.41, 5.74) is 0. The Labute approximate surface area is 65.8 Å². The molecule has 13 heavy (non-hydrogen) atoms. The van der Waals surface area contributed by atoms with E-state index in [4.69, 9.17) is 0 Å². The molecule has 0 aromatic heterocycles. The monoisotopic (exact) mass is 366 g/mol. The van der Waals surface area contributed by atoms with Crippen molar-refractivity contribution in [3.05, 3.63) is 0 Å². The molecule has 0 aromatic carbocycles. The van der Waals surface area contributed by atoms with Gasteiger partial charge in [-0.15, -0.1) is 0 Å². The van der Waals surface area contributed by atoms with Crippen molar-refractivity contribution in [3.63, 3.8) is 0 Å². The van der Waals surface area contributed by atoms with Gasteiger partial charge in [0.15, 0.2) is 0 Å². The Morgan fingerprint density at radius 1 is 0.462 bits per heavy atom. The zero-order valence-electron chi connectivity index (χ0n) is 5.00. The molecule has 0 aliphatic carbocycles. The fourth-order valence-electron chi connectivity index (χ4n) is 0.243. The molecule has 0 radical (unpaired) electrons. The van der Waals surface area contributed by atoms with Crippen LogP contribution in [0, 0.1) is 0 Å². The van der Waals surface area contributed by atoms with E-state index < -0.39 is 26.7 Å². The van der Waals surface area contributed by atoms with E-state index in [-0.39, 0.29) is 2.90 Å². The van der Waals surface area contributed by atoms with Gasteiger partial charge >= 0.3 is 65.1 Å². The van der Waals surface area contributed by atoms with E-state index in [1.54, 1.807) is 0 Å². The summed E-state index contributed by atoms with van der Waals surface area (Å²) in [7, 11) is 0. The molecular weight excluding hydrogens is 364 g/mol. The zero-order valence-corrected chi connectivity index (χ0v) is 8.43. The Hall–Kier alpha value is 0.299. The van der Waals surface area contributed by atoms with Crippen LogP contribution in [0.1, 0.15) is 0 Å². The molecule has 0 fully saturated rings. The van der Waals surface area contributed by atoms with Crippen LogP contribution in [0.3, 0.4) is 0 Å². The van der Waals surface area contributed by atoms with Gasteiger partial charge in [0, 0.05) is 0 Å². The van der Waals surface area contributed by atoms with Gasteiger partial charge in [-0.05, 0) is 0 Å². The van der Waals surface area contributed by atoms with E-state index in [0.29, 0.717) is 0 Å². The first kappa shape index (κ1) is 13.3. The molecule has 0 saturated heterocycles. The third kappa shape index (κ3) is 12.3. The van der Waals surface area contributed by atoms with Crippen LogP contribution in [-0.2, 0) is 2.90 Å². The second kappa shape index (κ2) is 1.60. The summed E-state index contributed by atoms with van der Waals surface area (Å²) in [6.07, 6.45) is 0. The minimum absolute atomic E-state index is 0.0417. The van der Waals surface area contributed by atoms with Gasteiger partial charge in [0.05, 0.1) is 0 Å². The van der Waals surface area contributed by atoms with E-state index in [9.17, 15) is 35.5 Å². The molecule has 0 atom stereocenters. The summed E-state index contributed by atoms with van der Waals surface area (Å²) in [4.78, 5) is 0. The van der Waals surface area contributed by atoms with E-state index >= 15 is 0 Å². The van der Waals surface area contributed by atoms with E-state index in [1.165, 1.54) is 0 Å². The van der Waals surface area contributed by atoms with Gasteiger partial charge in [-0.25, -0.2) is 0 Å². The predicted octanol–water partition coefficient (Wildman–Crippen LogP) is 3.37. The van der Waals surface area contributed by atoms with E-state index in [1.807, 2.05) is 0 Å². The van der Waals surface area contributed by atoms with Crippen molar-refractivity contribution < 1.29 is 38.4 Å². The van der Waals surface area contributed by atoms with Gasteiger partial charge in [-0.3, -0.25) is 0 Å². The van der Waals surface area contributed by atoms with E-state index in [2.05, 4.69) is 0 Å². The third-order valence-electron chi connectivity index (χ3n) is 0.257. The van der Waals surface area contributed by atoms with Gasteiger partial charge in [-0.1, -0.05) is 0 Å². The maximum absolute atomic E-state index is 12.2. The molecule has 0 saturated carbocycles. The molecule has 0 aliphatic heterocycles. The zero-order chi connectivity index (χ0) is 11.5. The molecule has 0 amide bonds. The van der Waals surface area contributed by atoms with Crippen molar-refractivity contribution in [2.75, 3.05) is 0 Å². The summed E-state index contributed by atoms with van der Waals surface area (Å²) in [5.74, 6) is 0. The summed E-state index contributed by atoms with van der Waals surface area (Å²) in [6.45, 7) is 0. The first-order chi connectivity index (χ1) is 4.66. The van der Waals surface area contributed by atoms with Crippen LogP contribution in [0.4, 0.5) is 35.5 Å². The van der Waals surface area contributed by atoms with Gasteiger partial charge in [-0.2, -0.15) is 0 Å². The van der Waals surface area contributed by atoms with Crippen LogP contribution in [0.5, 0.6) is 0 Å². The van der Waals surface area contributed by atoms with Crippen molar-refractivity contribution in [1.82, 2.24) is 0 Å². The van der Waals surface area contributed by atoms with Crippen LogP contribution in [0.15, 0.2) is 0 Å². The molecule has 88 valence electrons. The number of halogens is 10. The molecule has 0 rings (SSSR count). The topological polar surface area (TPSA) is 9.23 Å². The SMILES string of the molecule is F[Se](F)(F)(F)(F)O[Se](F)(F)(F)(F)F. The molecule has 0 bridgehead atoms. The average Bonchev–Trinajstić information content (AvgIpc) is 0.949. The Balaban J connectivity index is 5.36. The van der Waals surface area contributed by atoms with Crippen molar-refractivity contribution >= 4 is 26.7 Å². The van der Waals surface area contributed by atoms with Crippen molar-refractivity contribution in [2.45, 2.75) is 0 Å². The van der Waals surface area contributed by atoms with Crippen molar-refractivity contribution in [1.29, 1.82) is 0 Å². The van der Waals surface area contributed by atoms with Crippen LogP contribution >= 0.6 is 0 Å². The molecule has 0 aliphatic rings. The first-order valence-electron chi connectivity index (χ1n) is 1.88. The summed E-state index contributed by atoms with van der Waals surface area (Å²) in [5, 5.41) is 0. The Morgan fingerprint density at radius 2 is 0.615 bits per heavy atom. The normalized spacial score (nSPS) is 25.4. The van der Waals surface area contributed by atoms with Crippen LogP contribution in [-0.4, -0.2) is 26.7 Å².